The van der Waals surface area contributed by atoms with E-state index in [4.69, 9.17) is 4.42 Å². The minimum atomic E-state index is 0.118. The summed E-state index contributed by atoms with van der Waals surface area (Å²) in [7, 11) is 0. The van der Waals surface area contributed by atoms with Crippen molar-refractivity contribution in [2.45, 2.75) is 64.3 Å². The van der Waals surface area contributed by atoms with Crippen molar-refractivity contribution >= 4 is 5.91 Å². The molecule has 23 heavy (non-hydrogen) atoms. The maximum Gasteiger partial charge on any atom is 0.246 e. The fourth-order valence-corrected chi connectivity index (χ4v) is 3.87. The molecule has 5 heteroatoms. The lowest BCUT2D eigenvalue weighted by Crippen LogP contribution is -2.45. The third-order valence-corrected chi connectivity index (χ3v) is 5.52. The molecule has 5 nitrogen and oxygen atoms in total. The zero-order valence-electron chi connectivity index (χ0n) is 14.0. The van der Waals surface area contributed by atoms with Gasteiger partial charge in [0.25, 0.3) is 0 Å². The van der Waals surface area contributed by atoms with Gasteiger partial charge in [0.15, 0.2) is 0 Å². The Bertz CT molecular complexity index is 614. The Balaban J connectivity index is 1.51. The van der Waals surface area contributed by atoms with E-state index in [-0.39, 0.29) is 17.9 Å². The van der Waals surface area contributed by atoms with E-state index >= 15 is 0 Å². The Morgan fingerprint density at radius 2 is 1.87 bits per heavy atom. The van der Waals surface area contributed by atoms with E-state index in [1.165, 1.54) is 31.3 Å². The van der Waals surface area contributed by atoms with Crippen LogP contribution in [0.4, 0.5) is 0 Å². The van der Waals surface area contributed by atoms with Crippen molar-refractivity contribution in [2.24, 2.45) is 11.8 Å². The first-order valence-corrected chi connectivity index (χ1v) is 8.95. The highest BCUT2D eigenvalue weighted by Crippen LogP contribution is 2.48. The van der Waals surface area contributed by atoms with Gasteiger partial charge < -0.3 is 9.32 Å². The second-order valence-corrected chi connectivity index (χ2v) is 7.37. The molecule has 0 radical (unpaired) electrons. The Morgan fingerprint density at radius 3 is 2.43 bits per heavy atom. The summed E-state index contributed by atoms with van der Waals surface area (Å²) >= 11 is 0. The zero-order valence-corrected chi connectivity index (χ0v) is 14.0. The van der Waals surface area contributed by atoms with E-state index in [2.05, 4.69) is 17.1 Å². The third kappa shape index (κ3) is 3.06. The molecule has 2 heterocycles. The number of hydrogen-bond donors (Lipinski definition) is 0. The lowest BCUT2D eigenvalue weighted by molar-refractivity contribution is -0.129. The number of aromatic nitrogens is 2. The van der Waals surface area contributed by atoms with Gasteiger partial charge in [-0.05, 0) is 57.3 Å². The molecule has 0 bridgehead atoms. The number of nitrogens with zero attached hydrogens (tertiary/aromatic N) is 3. The minimum Gasteiger partial charge on any atom is -0.425 e. The molecule has 2 saturated carbocycles. The van der Waals surface area contributed by atoms with Crippen molar-refractivity contribution in [3.05, 3.63) is 23.4 Å². The van der Waals surface area contributed by atoms with Gasteiger partial charge >= 0.3 is 0 Å². The van der Waals surface area contributed by atoms with Crippen LogP contribution in [0.15, 0.2) is 16.1 Å². The number of amides is 1. The van der Waals surface area contributed by atoms with Gasteiger partial charge in [-0.3, -0.25) is 4.79 Å². The van der Waals surface area contributed by atoms with Gasteiger partial charge in [-0.15, -0.1) is 10.2 Å². The molecule has 4 rings (SSSR count). The highest BCUT2D eigenvalue weighted by molar-refractivity contribution is 5.89. The molecule has 2 atom stereocenters. The predicted molar refractivity (Wildman–Crippen MR) is 85.7 cm³/mol. The van der Waals surface area contributed by atoms with Crippen LogP contribution < -0.4 is 0 Å². The van der Waals surface area contributed by atoms with Crippen LogP contribution in [0.25, 0.3) is 0 Å². The quantitative estimate of drug-likeness (QED) is 0.801. The summed E-state index contributed by atoms with van der Waals surface area (Å²) in [5.74, 6) is 3.02. The first-order chi connectivity index (χ1) is 11.1. The van der Waals surface area contributed by atoms with Crippen molar-refractivity contribution in [2.75, 3.05) is 6.54 Å². The average molecular weight is 315 g/mol. The standard InChI is InChI=1S/C18H25N3O2/c1-11-15(18-20-19-12(2)23-18)4-3-9-21(11)17(22)10-16(13-5-6-13)14-7-8-14/h10-11,13-15H,3-9H2,1-2H3/t11-,15-/m0/s1. The van der Waals surface area contributed by atoms with Crippen LogP contribution in [-0.4, -0.2) is 33.6 Å². The molecule has 124 valence electrons. The van der Waals surface area contributed by atoms with Crippen molar-refractivity contribution in [1.29, 1.82) is 0 Å². The highest BCUT2D eigenvalue weighted by Gasteiger charge is 2.39. The minimum absolute atomic E-state index is 0.118. The van der Waals surface area contributed by atoms with Gasteiger partial charge in [0, 0.05) is 25.6 Å². The average Bonchev–Trinajstić information content (AvgIpc) is 3.44. The lowest BCUT2D eigenvalue weighted by atomic mass is 9.89. The van der Waals surface area contributed by atoms with Crippen LogP contribution in [0.2, 0.25) is 0 Å². The van der Waals surface area contributed by atoms with E-state index in [1.54, 1.807) is 0 Å². The van der Waals surface area contributed by atoms with Crippen LogP contribution in [0, 0.1) is 18.8 Å². The SMILES string of the molecule is Cc1nnc([C@H]2CCCN(C(=O)C=C(C3CC3)C3CC3)[C@H]2C)o1. The van der Waals surface area contributed by atoms with Crippen molar-refractivity contribution < 1.29 is 9.21 Å². The number of carbonyl (C=O) groups excluding carboxylic acids is 1. The summed E-state index contributed by atoms with van der Waals surface area (Å²) < 4.78 is 5.62. The summed E-state index contributed by atoms with van der Waals surface area (Å²) in [5, 5.41) is 8.13. The molecule has 0 N–H and O–H groups in total. The molecule has 1 aromatic heterocycles. The topological polar surface area (TPSA) is 59.2 Å². The van der Waals surface area contributed by atoms with E-state index in [0.717, 1.165) is 19.4 Å². The summed E-state index contributed by atoms with van der Waals surface area (Å²) in [6.45, 7) is 4.76. The van der Waals surface area contributed by atoms with Gasteiger partial charge in [-0.25, -0.2) is 0 Å². The number of likely N-dealkylation sites (tertiary alicyclic amines) is 1. The molecular weight excluding hydrogens is 290 g/mol. The Kier molecular flexibility index (Phi) is 3.74. The van der Waals surface area contributed by atoms with E-state index in [0.29, 0.717) is 23.6 Å². The van der Waals surface area contributed by atoms with Crippen LogP contribution in [0.1, 0.15) is 63.1 Å². The number of allylic oxidation sites excluding steroid dienone is 1. The van der Waals surface area contributed by atoms with Crippen LogP contribution in [0.5, 0.6) is 0 Å². The number of hydrogen-bond acceptors (Lipinski definition) is 4. The van der Waals surface area contributed by atoms with Gasteiger partial charge in [0.2, 0.25) is 17.7 Å². The van der Waals surface area contributed by atoms with Gasteiger partial charge in [0.1, 0.15) is 0 Å². The summed E-state index contributed by atoms with van der Waals surface area (Å²) in [4.78, 5) is 14.9. The largest absolute Gasteiger partial charge is 0.425 e. The van der Waals surface area contributed by atoms with E-state index < -0.39 is 0 Å². The lowest BCUT2D eigenvalue weighted by Gasteiger charge is -2.37. The Labute approximate surface area is 137 Å². The smallest absolute Gasteiger partial charge is 0.246 e. The molecule has 3 fully saturated rings. The first kappa shape index (κ1) is 14.9. The molecular formula is C18H25N3O2. The molecule has 0 unspecified atom stereocenters. The van der Waals surface area contributed by atoms with Gasteiger partial charge in [-0.1, -0.05) is 5.57 Å². The fraction of sp³-hybridized carbons (Fsp3) is 0.722. The van der Waals surface area contributed by atoms with Crippen LogP contribution in [-0.2, 0) is 4.79 Å². The molecule has 1 aliphatic heterocycles. The first-order valence-electron chi connectivity index (χ1n) is 8.95. The normalized spacial score (nSPS) is 27.8. The van der Waals surface area contributed by atoms with Gasteiger partial charge in [-0.2, -0.15) is 0 Å². The zero-order chi connectivity index (χ0) is 16.0. The Hall–Kier alpha value is -1.65. The second-order valence-electron chi connectivity index (χ2n) is 7.37. The Morgan fingerprint density at radius 1 is 1.17 bits per heavy atom. The predicted octanol–water partition coefficient (Wildman–Crippen LogP) is 3.22. The van der Waals surface area contributed by atoms with Crippen molar-refractivity contribution in [3.8, 4) is 0 Å². The second kappa shape index (κ2) is 5.77. The molecule has 1 aromatic rings. The number of piperidine rings is 1. The maximum absolute atomic E-state index is 12.8. The maximum atomic E-state index is 12.8. The molecule has 1 amide bonds. The van der Waals surface area contributed by atoms with E-state index in [9.17, 15) is 4.79 Å². The highest BCUT2D eigenvalue weighted by atomic mass is 16.4. The summed E-state index contributed by atoms with van der Waals surface area (Å²) in [5.41, 5.74) is 1.43. The number of aryl methyl sites for hydroxylation is 1. The molecule has 0 spiro atoms. The van der Waals surface area contributed by atoms with Crippen molar-refractivity contribution in [1.82, 2.24) is 15.1 Å². The monoisotopic (exact) mass is 315 g/mol. The van der Waals surface area contributed by atoms with Crippen molar-refractivity contribution in [3.63, 3.8) is 0 Å². The number of carbonyl (C=O) groups is 1. The summed E-state index contributed by atoms with van der Waals surface area (Å²) in [6.07, 6.45) is 9.06. The molecule has 1 saturated heterocycles. The van der Waals surface area contributed by atoms with Crippen LogP contribution >= 0.6 is 0 Å². The summed E-state index contributed by atoms with van der Waals surface area (Å²) in [6, 6.07) is 0.118. The third-order valence-electron chi connectivity index (χ3n) is 5.52. The van der Waals surface area contributed by atoms with Gasteiger partial charge in [0.05, 0.1) is 5.92 Å². The fourth-order valence-electron chi connectivity index (χ4n) is 3.87. The molecule has 2 aliphatic carbocycles. The number of rotatable bonds is 4. The van der Waals surface area contributed by atoms with Crippen LogP contribution in [0.3, 0.4) is 0 Å². The van der Waals surface area contributed by atoms with E-state index in [1.807, 2.05) is 17.9 Å². The molecule has 3 aliphatic rings. The molecule has 0 aromatic carbocycles.